The molecule has 0 fully saturated rings. The van der Waals surface area contributed by atoms with Crippen molar-refractivity contribution in [3.05, 3.63) is 118 Å². The number of hydrogen-bond acceptors (Lipinski definition) is 6. The summed E-state index contributed by atoms with van der Waals surface area (Å²) in [6.45, 7) is 0. The van der Waals surface area contributed by atoms with Gasteiger partial charge in [-0.25, -0.2) is 20.0 Å². The first-order valence-corrected chi connectivity index (χ1v) is 13.9. The second kappa shape index (κ2) is 8.86. The number of nitrogens with one attached hydrogen (secondary N) is 4. The average molecular weight is 567 g/mol. The van der Waals surface area contributed by atoms with Crippen molar-refractivity contribution in [3.63, 3.8) is 0 Å². The SMILES string of the molecule is N#Cc1ccc2c3[nH]c(c2c1C#N)N=c1[nH]c(c2ccccc12)=Nc1[nH]c(c2ccccc12)N=c1[nH]c(c2ccccc12)=N3. The van der Waals surface area contributed by atoms with Crippen molar-refractivity contribution in [2.45, 2.75) is 0 Å². The number of nitrogens with zero attached hydrogens (tertiary/aromatic N) is 6. The summed E-state index contributed by atoms with van der Waals surface area (Å²) >= 11 is 0. The third-order valence-corrected chi connectivity index (χ3v) is 8.08. The van der Waals surface area contributed by atoms with Crippen LogP contribution in [0.4, 0.5) is 23.3 Å². The zero-order valence-electron chi connectivity index (χ0n) is 22.8. The van der Waals surface area contributed by atoms with Gasteiger partial charge in [0.05, 0.1) is 11.1 Å². The third-order valence-electron chi connectivity index (χ3n) is 8.08. The highest BCUT2D eigenvalue weighted by Crippen LogP contribution is 2.37. The molecule has 4 aromatic heterocycles. The third kappa shape index (κ3) is 3.33. The summed E-state index contributed by atoms with van der Waals surface area (Å²) in [6.07, 6.45) is 0. The minimum absolute atomic E-state index is 0.234. The second-order valence-corrected chi connectivity index (χ2v) is 10.5. The Morgan fingerprint density at radius 3 is 1.27 bits per heavy atom. The van der Waals surface area contributed by atoms with Crippen LogP contribution in [-0.4, -0.2) is 19.9 Å². The van der Waals surface area contributed by atoms with Gasteiger partial charge in [-0.2, -0.15) is 10.5 Å². The molecular weight excluding hydrogens is 548 g/mol. The van der Waals surface area contributed by atoms with Crippen molar-refractivity contribution in [1.29, 1.82) is 10.5 Å². The summed E-state index contributed by atoms with van der Waals surface area (Å²) in [4.78, 5) is 33.7. The first-order chi connectivity index (χ1) is 21.7. The van der Waals surface area contributed by atoms with E-state index in [-0.39, 0.29) is 11.1 Å². The zero-order chi connectivity index (χ0) is 29.4. The molecule has 10 nitrogen and oxygen atoms in total. The maximum absolute atomic E-state index is 10.2. The minimum atomic E-state index is 0.234. The molecule has 9 rings (SSSR count). The summed E-state index contributed by atoms with van der Waals surface area (Å²) < 4.78 is 0. The molecule has 0 unspecified atom stereocenters. The molecule has 10 heteroatoms. The maximum atomic E-state index is 10.2. The van der Waals surface area contributed by atoms with Crippen LogP contribution >= 0.6 is 0 Å². The predicted octanol–water partition coefficient (Wildman–Crippen LogP) is 5.47. The number of fused-ring (bicyclic) bond motifs is 20. The Labute approximate surface area is 246 Å². The Kier molecular flexibility index (Phi) is 4.81. The molecule has 0 radical (unpaired) electrons. The smallest absolute Gasteiger partial charge is 0.143 e. The van der Waals surface area contributed by atoms with Gasteiger partial charge in [-0.3, -0.25) is 0 Å². The van der Waals surface area contributed by atoms with Gasteiger partial charge in [0.1, 0.15) is 57.4 Å². The monoisotopic (exact) mass is 566 g/mol. The molecule has 0 aliphatic carbocycles. The Hall–Kier alpha value is -6.78. The van der Waals surface area contributed by atoms with E-state index < -0.39 is 0 Å². The van der Waals surface area contributed by atoms with Crippen LogP contribution in [0.15, 0.2) is 105 Å². The molecule has 8 aromatic rings. The van der Waals surface area contributed by atoms with Gasteiger partial charge in [0, 0.05) is 43.1 Å². The first-order valence-electron chi connectivity index (χ1n) is 13.9. The maximum Gasteiger partial charge on any atom is 0.143 e. The standard InChI is InChI=1S/C34H18N10/c35-15-17-13-14-24-26(25(17)16-36)34-43-32-23-12-6-5-11-22(23)30(41-32)39-28-19-8-2-1-7-18(19)27(37-28)38-29-20-9-3-4-10-21(20)31(40-29)42-33(24)44-34/h1-14H,(H4,37,38,39,40,41,42,43,44). The molecule has 8 bridgehead atoms. The summed E-state index contributed by atoms with van der Waals surface area (Å²) in [5.74, 6) is 2.23. The lowest BCUT2D eigenvalue weighted by atomic mass is 10.0. The van der Waals surface area contributed by atoms with Gasteiger partial charge in [-0.05, 0) is 12.1 Å². The molecular formula is C34H18N10. The van der Waals surface area contributed by atoms with E-state index in [1.165, 1.54) is 0 Å². The van der Waals surface area contributed by atoms with Crippen molar-refractivity contribution >= 4 is 66.4 Å². The van der Waals surface area contributed by atoms with Crippen LogP contribution in [0.2, 0.25) is 0 Å². The lowest BCUT2D eigenvalue weighted by molar-refractivity contribution is 1.08. The van der Waals surface area contributed by atoms with Crippen LogP contribution in [0.5, 0.6) is 0 Å². The lowest BCUT2D eigenvalue weighted by Gasteiger charge is -1.98. The Morgan fingerprint density at radius 1 is 0.409 bits per heavy atom. The second-order valence-electron chi connectivity index (χ2n) is 10.5. The highest BCUT2D eigenvalue weighted by atomic mass is 15.1. The molecule has 204 valence electrons. The number of nitriles is 2. The molecule has 0 saturated heterocycles. The highest BCUT2D eigenvalue weighted by molar-refractivity contribution is 6.04. The van der Waals surface area contributed by atoms with E-state index in [2.05, 4.69) is 32.1 Å². The molecule has 0 amide bonds. The van der Waals surface area contributed by atoms with Crippen LogP contribution in [0.1, 0.15) is 11.1 Å². The quantitative estimate of drug-likeness (QED) is 0.192. The molecule has 5 heterocycles. The number of aromatic amines is 4. The van der Waals surface area contributed by atoms with Crippen molar-refractivity contribution in [3.8, 4) is 12.1 Å². The fourth-order valence-corrected chi connectivity index (χ4v) is 6.07. The van der Waals surface area contributed by atoms with Crippen LogP contribution in [0, 0.1) is 22.7 Å². The molecule has 4 N–H and O–H groups in total. The van der Waals surface area contributed by atoms with E-state index in [0.29, 0.717) is 56.0 Å². The van der Waals surface area contributed by atoms with E-state index in [4.69, 9.17) is 20.0 Å². The van der Waals surface area contributed by atoms with Gasteiger partial charge in [-0.1, -0.05) is 72.8 Å². The number of aromatic nitrogens is 4. The van der Waals surface area contributed by atoms with E-state index in [9.17, 15) is 10.5 Å². The normalized spacial score (nSPS) is 12.3. The number of hydrogen-bond donors (Lipinski definition) is 4. The largest absolute Gasteiger partial charge is 0.324 e. The Balaban J connectivity index is 1.52. The summed E-state index contributed by atoms with van der Waals surface area (Å²) in [5, 5.41) is 26.5. The van der Waals surface area contributed by atoms with Crippen LogP contribution < -0.4 is 22.0 Å². The van der Waals surface area contributed by atoms with Crippen molar-refractivity contribution in [2.75, 3.05) is 0 Å². The van der Waals surface area contributed by atoms with Crippen molar-refractivity contribution < 1.29 is 0 Å². The van der Waals surface area contributed by atoms with Crippen molar-refractivity contribution in [1.82, 2.24) is 19.9 Å². The molecule has 1 aliphatic heterocycles. The summed E-state index contributed by atoms with van der Waals surface area (Å²) in [6, 6.07) is 31.6. The van der Waals surface area contributed by atoms with E-state index >= 15 is 0 Å². The molecule has 1 aliphatic rings. The van der Waals surface area contributed by atoms with Gasteiger partial charge in [-0.15, -0.1) is 0 Å². The highest BCUT2D eigenvalue weighted by Gasteiger charge is 2.18. The van der Waals surface area contributed by atoms with E-state index in [0.717, 1.165) is 32.3 Å². The topological polar surface area (TPSA) is 160 Å². The van der Waals surface area contributed by atoms with Crippen LogP contribution in [0.25, 0.3) is 43.1 Å². The Bertz CT molecular complexity index is 2860. The van der Waals surface area contributed by atoms with Gasteiger partial charge in [0.25, 0.3) is 0 Å². The zero-order valence-corrected chi connectivity index (χ0v) is 22.8. The van der Waals surface area contributed by atoms with Gasteiger partial charge >= 0.3 is 0 Å². The molecule has 44 heavy (non-hydrogen) atoms. The predicted molar refractivity (Wildman–Crippen MR) is 166 cm³/mol. The van der Waals surface area contributed by atoms with Gasteiger partial charge < -0.3 is 19.9 Å². The minimum Gasteiger partial charge on any atom is -0.324 e. The molecule has 0 spiro atoms. The number of rotatable bonds is 0. The average Bonchev–Trinajstić information content (AvgIpc) is 3.80. The van der Waals surface area contributed by atoms with Crippen molar-refractivity contribution in [2.24, 2.45) is 20.0 Å². The Morgan fingerprint density at radius 2 is 0.818 bits per heavy atom. The van der Waals surface area contributed by atoms with Gasteiger partial charge in [0.2, 0.25) is 0 Å². The fraction of sp³-hybridized carbons (Fsp3) is 0. The summed E-state index contributed by atoms with van der Waals surface area (Å²) in [5.41, 5.74) is 2.91. The first kappa shape index (κ1) is 23.9. The van der Waals surface area contributed by atoms with Crippen LogP contribution in [-0.2, 0) is 0 Å². The van der Waals surface area contributed by atoms with Gasteiger partial charge in [0.15, 0.2) is 0 Å². The lowest BCUT2D eigenvalue weighted by Crippen LogP contribution is -2.10. The molecule has 0 atom stereocenters. The van der Waals surface area contributed by atoms with E-state index in [1.807, 2.05) is 72.8 Å². The van der Waals surface area contributed by atoms with Crippen LogP contribution in [0.3, 0.4) is 0 Å². The number of benzene rings is 4. The number of H-pyrrole nitrogens is 4. The van der Waals surface area contributed by atoms with E-state index in [1.54, 1.807) is 12.1 Å². The summed E-state index contributed by atoms with van der Waals surface area (Å²) in [7, 11) is 0. The molecule has 0 saturated carbocycles. The molecule has 4 aromatic carbocycles. The fourth-order valence-electron chi connectivity index (χ4n) is 6.07.